The number of hydrogen-bond acceptors (Lipinski definition) is 5. The molecule has 2 heterocycles. The highest BCUT2D eigenvalue weighted by Crippen LogP contribution is 2.15. The molecule has 22 heavy (non-hydrogen) atoms. The molecule has 8 nitrogen and oxygen atoms in total. The van der Waals surface area contributed by atoms with E-state index in [0.717, 1.165) is 9.80 Å². The fourth-order valence-corrected chi connectivity index (χ4v) is 1.99. The van der Waals surface area contributed by atoms with E-state index in [0.29, 0.717) is 19.8 Å². The van der Waals surface area contributed by atoms with E-state index in [1.165, 1.54) is 17.9 Å². The van der Waals surface area contributed by atoms with Crippen LogP contribution in [0.1, 0.15) is 6.92 Å². The quantitative estimate of drug-likeness (QED) is 0.520. The Balaban J connectivity index is 2.05. The first kappa shape index (κ1) is 16.4. The number of nitrogens with zero attached hydrogens (tertiary/aromatic N) is 3. The monoisotopic (exact) mass is 311 g/mol. The molecular weight excluding hydrogens is 290 g/mol. The van der Waals surface area contributed by atoms with Crippen molar-refractivity contribution in [3.63, 3.8) is 0 Å². The predicted octanol–water partition coefficient (Wildman–Crippen LogP) is 0.292. The zero-order chi connectivity index (χ0) is 16.3. The van der Waals surface area contributed by atoms with Crippen molar-refractivity contribution in [3.05, 3.63) is 12.7 Å². The lowest BCUT2D eigenvalue weighted by atomic mass is 10.4. The number of imide groups is 2. The van der Waals surface area contributed by atoms with Crippen LogP contribution in [0.25, 0.3) is 0 Å². The molecule has 8 heteroatoms. The van der Waals surface area contributed by atoms with Crippen LogP contribution in [0.5, 0.6) is 0 Å². The van der Waals surface area contributed by atoms with E-state index in [1.807, 2.05) is 0 Å². The van der Waals surface area contributed by atoms with Gasteiger partial charge in [0.25, 0.3) is 0 Å². The minimum absolute atomic E-state index is 0.0263. The van der Waals surface area contributed by atoms with E-state index in [2.05, 4.69) is 6.58 Å². The molecule has 0 bridgehead atoms. The number of amides is 5. The standard InChI is InChI=1S/C14H21N3O5/c1-4-5-16(13(19)15(3)6-11-8-21-11)14(20)17(10(2)18)7-12-9-22-12/h4,11-12H,1,5-9H2,2-3H3. The van der Waals surface area contributed by atoms with Crippen LogP contribution in [-0.4, -0.2) is 84.8 Å². The highest BCUT2D eigenvalue weighted by atomic mass is 16.6. The third kappa shape index (κ3) is 4.28. The molecule has 2 saturated heterocycles. The smallest absolute Gasteiger partial charge is 0.335 e. The van der Waals surface area contributed by atoms with Gasteiger partial charge in [0.15, 0.2) is 0 Å². The van der Waals surface area contributed by atoms with Gasteiger partial charge in [-0.05, 0) is 0 Å². The van der Waals surface area contributed by atoms with Crippen molar-refractivity contribution in [3.8, 4) is 0 Å². The van der Waals surface area contributed by atoms with Gasteiger partial charge >= 0.3 is 12.1 Å². The molecule has 0 aliphatic carbocycles. The maximum absolute atomic E-state index is 12.5. The maximum Gasteiger partial charge on any atom is 0.335 e. The minimum atomic E-state index is -0.656. The van der Waals surface area contributed by atoms with E-state index in [1.54, 1.807) is 7.05 Å². The van der Waals surface area contributed by atoms with Crippen LogP contribution in [0, 0.1) is 0 Å². The SMILES string of the molecule is C=CCN(C(=O)N(C)CC1CO1)C(=O)N(CC1CO1)C(C)=O. The number of urea groups is 2. The van der Waals surface area contributed by atoms with Crippen LogP contribution in [-0.2, 0) is 14.3 Å². The van der Waals surface area contributed by atoms with Crippen molar-refractivity contribution in [2.45, 2.75) is 19.1 Å². The van der Waals surface area contributed by atoms with Crippen molar-refractivity contribution in [2.75, 3.05) is 39.9 Å². The van der Waals surface area contributed by atoms with Gasteiger partial charge in [0, 0.05) is 14.0 Å². The summed E-state index contributed by atoms with van der Waals surface area (Å²) in [6, 6.07) is -1.14. The summed E-state index contributed by atoms with van der Waals surface area (Å²) in [6.07, 6.45) is 1.34. The van der Waals surface area contributed by atoms with Gasteiger partial charge in [0.2, 0.25) is 5.91 Å². The third-order valence-electron chi connectivity index (χ3n) is 3.38. The fraction of sp³-hybridized carbons (Fsp3) is 0.643. The molecule has 0 N–H and O–H groups in total. The Kier molecular flexibility index (Phi) is 5.15. The van der Waals surface area contributed by atoms with Crippen molar-refractivity contribution in [2.24, 2.45) is 0 Å². The van der Waals surface area contributed by atoms with Gasteiger partial charge in [-0.15, -0.1) is 6.58 Å². The molecule has 0 spiro atoms. The van der Waals surface area contributed by atoms with Crippen LogP contribution in [0.2, 0.25) is 0 Å². The molecule has 2 fully saturated rings. The van der Waals surface area contributed by atoms with Gasteiger partial charge in [-0.3, -0.25) is 9.69 Å². The van der Waals surface area contributed by atoms with E-state index >= 15 is 0 Å². The Morgan fingerprint density at radius 1 is 1.09 bits per heavy atom. The molecule has 122 valence electrons. The molecule has 2 unspecified atom stereocenters. The molecule has 0 saturated carbocycles. The van der Waals surface area contributed by atoms with Crippen LogP contribution in [0.15, 0.2) is 12.7 Å². The van der Waals surface area contributed by atoms with Crippen molar-refractivity contribution in [1.29, 1.82) is 0 Å². The zero-order valence-electron chi connectivity index (χ0n) is 12.9. The van der Waals surface area contributed by atoms with Crippen molar-refractivity contribution < 1.29 is 23.9 Å². The van der Waals surface area contributed by atoms with E-state index in [9.17, 15) is 14.4 Å². The number of carbonyl (C=O) groups excluding carboxylic acids is 3. The Labute approximate surface area is 129 Å². The summed E-state index contributed by atoms with van der Waals surface area (Å²) in [5, 5.41) is 0. The second-order valence-electron chi connectivity index (χ2n) is 5.39. The van der Waals surface area contributed by atoms with Gasteiger partial charge < -0.3 is 14.4 Å². The maximum atomic E-state index is 12.5. The number of rotatable bonds is 6. The largest absolute Gasteiger partial charge is 0.371 e. The number of likely N-dealkylation sites (N-methyl/N-ethyl adjacent to an activating group) is 1. The lowest BCUT2D eigenvalue weighted by molar-refractivity contribution is -0.126. The first-order valence-corrected chi connectivity index (χ1v) is 7.12. The Bertz CT molecular complexity index is 473. The highest BCUT2D eigenvalue weighted by molar-refractivity contribution is 6.01. The predicted molar refractivity (Wildman–Crippen MR) is 77.2 cm³/mol. The van der Waals surface area contributed by atoms with Gasteiger partial charge in [-0.1, -0.05) is 6.08 Å². The molecule has 2 aliphatic rings. The molecule has 0 aromatic heterocycles. The topological polar surface area (TPSA) is 86.0 Å². The number of hydrogen-bond donors (Lipinski definition) is 0. The van der Waals surface area contributed by atoms with Gasteiger partial charge in [-0.25, -0.2) is 14.5 Å². The lowest BCUT2D eigenvalue weighted by Gasteiger charge is -2.29. The van der Waals surface area contributed by atoms with Crippen molar-refractivity contribution in [1.82, 2.24) is 14.7 Å². The summed E-state index contributed by atoms with van der Waals surface area (Å²) in [5.74, 6) is -0.421. The van der Waals surface area contributed by atoms with E-state index in [4.69, 9.17) is 9.47 Å². The van der Waals surface area contributed by atoms with Gasteiger partial charge in [0.05, 0.1) is 45.1 Å². The summed E-state index contributed by atoms with van der Waals surface area (Å²) < 4.78 is 10.1. The second-order valence-corrected chi connectivity index (χ2v) is 5.39. The van der Waals surface area contributed by atoms with Crippen LogP contribution < -0.4 is 0 Å². The summed E-state index contributed by atoms with van der Waals surface area (Å²) in [6.45, 7) is 6.58. The minimum Gasteiger partial charge on any atom is -0.371 e. The molecule has 5 amide bonds. The Morgan fingerprint density at radius 2 is 1.64 bits per heavy atom. The molecule has 0 aromatic rings. The lowest BCUT2D eigenvalue weighted by Crippen LogP contribution is -2.53. The number of ether oxygens (including phenoxy) is 2. The average molecular weight is 311 g/mol. The number of carbonyl (C=O) groups is 3. The zero-order valence-corrected chi connectivity index (χ0v) is 12.9. The number of epoxide rings is 2. The molecule has 2 atom stereocenters. The van der Waals surface area contributed by atoms with Gasteiger partial charge in [0.1, 0.15) is 0 Å². The van der Waals surface area contributed by atoms with Crippen molar-refractivity contribution >= 4 is 18.0 Å². The van der Waals surface area contributed by atoms with E-state index < -0.39 is 18.0 Å². The highest BCUT2D eigenvalue weighted by Gasteiger charge is 2.36. The van der Waals surface area contributed by atoms with E-state index in [-0.39, 0.29) is 25.3 Å². The summed E-state index contributed by atoms with van der Waals surface area (Å²) in [5.41, 5.74) is 0. The van der Waals surface area contributed by atoms with Crippen LogP contribution in [0.3, 0.4) is 0 Å². The Morgan fingerprint density at radius 3 is 2.09 bits per heavy atom. The first-order chi connectivity index (χ1) is 10.4. The average Bonchev–Trinajstić information content (AvgIpc) is 3.34. The molecule has 0 aromatic carbocycles. The summed E-state index contributed by atoms with van der Waals surface area (Å²) >= 11 is 0. The van der Waals surface area contributed by atoms with Crippen LogP contribution in [0.4, 0.5) is 9.59 Å². The Hall–Kier alpha value is -1.93. The molecule has 2 aliphatic heterocycles. The molecule has 2 rings (SSSR count). The second kappa shape index (κ2) is 6.89. The summed E-state index contributed by atoms with van der Waals surface area (Å²) in [7, 11) is 1.59. The fourth-order valence-electron chi connectivity index (χ4n) is 1.99. The third-order valence-corrected chi connectivity index (χ3v) is 3.38. The van der Waals surface area contributed by atoms with Crippen LogP contribution >= 0.6 is 0 Å². The molecular formula is C14H21N3O5. The molecule has 0 radical (unpaired) electrons. The van der Waals surface area contributed by atoms with Gasteiger partial charge in [-0.2, -0.15) is 0 Å². The normalized spacial score (nSPS) is 21.7. The summed E-state index contributed by atoms with van der Waals surface area (Å²) in [4.78, 5) is 40.1. The first-order valence-electron chi connectivity index (χ1n) is 7.12.